The Morgan fingerprint density at radius 1 is 1.04 bits per heavy atom. The molecular weight excluding hydrogens is 298 g/mol. The van der Waals surface area contributed by atoms with Gasteiger partial charge in [-0.1, -0.05) is 48.5 Å². The number of nitrogens with zero attached hydrogens (tertiary/aromatic N) is 3. The number of rotatable bonds is 5. The van der Waals surface area contributed by atoms with Crippen LogP contribution in [0, 0.1) is 0 Å². The van der Waals surface area contributed by atoms with Gasteiger partial charge < -0.3 is 4.90 Å². The molecule has 0 aliphatic carbocycles. The molecule has 0 aliphatic heterocycles. The van der Waals surface area contributed by atoms with Crippen LogP contribution in [0.15, 0.2) is 67.0 Å². The van der Waals surface area contributed by atoms with Crippen LogP contribution in [0.1, 0.15) is 27.0 Å². The summed E-state index contributed by atoms with van der Waals surface area (Å²) in [5.74, 6) is 0.0328. The van der Waals surface area contributed by atoms with Crippen LogP contribution < -0.4 is 0 Å². The maximum absolute atomic E-state index is 12.9. The van der Waals surface area contributed by atoms with Gasteiger partial charge in [0.05, 0.1) is 6.20 Å². The quantitative estimate of drug-likeness (QED) is 0.724. The summed E-state index contributed by atoms with van der Waals surface area (Å²) in [4.78, 5) is 14.6. The van der Waals surface area contributed by atoms with Crippen molar-refractivity contribution in [2.45, 2.75) is 13.0 Å². The van der Waals surface area contributed by atoms with Gasteiger partial charge in [0.25, 0.3) is 5.91 Å². The Bertz CT molecular complexity index is 824. The third-order valence-electron chi connectivity index (χ3n) is 4.01. The summed E-state index contributed by atoms with van der Waals surface area (Å²) in [6.07, 6.45) is 4.47. The van der Waals surface area contributed by atoms with E-state index < -0.39 is 0 Å². The van der Waals surface area contributed by atoms with Crippen molar-refractivity contribution in [3.8, 4) is 0 Å². The number of amides is 1. The topological polar surface area (TPSA) is 38.1 Å². The number of hydrogen-bond acceptors (Lipinski definition) is 2. The van der Waals surface area contributed by atoms with Gasteiger partial charge in [0, 0.05) is 38.0 Å². The predicted octanol–water partition coefficient (Wildman–Crippen LogP) is 3.28. The van der Waals surface area contributed by atoms with Gasteiger partial charge >= 0.3 is 0 Å². The molecule has 1 amide bonds. The summed E-state index contributed by atoms with van der Waals surface area (Å²) in [5.41, 5.74) is 4.03. The minimum atomic E-state index is 0.0328. The van der Waals surface area contributed by atoms with E-state index in [1.54, 1.807) is 15.8 Å². The smallest absolute Gasteiger partial charge is 0.254 e. The van der Waals surface area contributed by atoms with Crippen LogP contribution in [-0.2, 0) is 20.0 Å². The third-order valence-corrected chi connectivity index (χ3v) is 4.01. The fourth-order valence-corrected chi connectivity index (χ4v) is 2.80. The number of aryl methyl sites for hydroxylation is 1. The molecule has 0 radical (unpaired) electrons. The average Bonchev–Trinajstić information content (AvgIpc) is 3.00. The number of carbonyl (C=O) groups is 1. The summed E-state index contributed by atoms with van der Waals surface area (Å²) in [6.45, 7) is 0.548. The van der Waals surface area contributed by atoms with Crippen LogP contribution in [0.25, 0.3) is 0 Å². The van der Waals surface area contributed by atoms with E-state index in [0.29, 0.717) is 6.54 Å². The molecule has 122 valence electrons. The summed E-state index contributed by atoms with van der Waals surface area (Å²) >= 11 is 0. The summed E-state index contributed by atoms with van der Waals surface area (Å²) in [6, 6.07) is 18.0. The van der Waals surface area contributed by atoms with Gasteiger partial charge in [-0.05, 0) is 23.6 Å². The van der Waals surface area contributed by atoms with Crippen molar-refractivity contribution in [2.24, 2.45) is 7.05 Å². The van der Waals surface area contributed by atoms with Crippen molar-refractivity contribution < 1.29 is 4.79 Å². The van der Waals surface area contributed by atoms with Crippen LogP contribution in [0.5, 0.6) is 0 Å². The maximum Gasteiger partial charge on any atom is 0.254 e. The molecule has 0 unspecified atom stereocenters. The molecule has 0 fully saturated rings. The van der Waals surface area contributed by atoms with Crippen LogP contribution in [0.3, 0.4) is 0 Å². The van der Waals surface area contributed by atoms with Gasteiger partial charge in [-0.3, -0.25) is 9.48 Å². The van der Waals surface area contributed by atoms with E-state index in [4.69, 9.17) is 0 Å². The van der Waals surface area contributed by atoms with Crippen molar-refractivity contribution in [3.05, 3.63) is 89.2 Å². The summed E-state index contributed by atoms with van der Waals surface area (Å²) in [5, 5.41) is 4.15. The first kappa shape index (κ1) is 16.0. The summed E-state index contributed by atoms with van der Waals surface area (Å²) in [7, 11) is 3.70. The normalized spacial score (nSPS) is 10.6. The van der Waals surface area contributed by atoms with E-state index in [1.165, 1.54) is 5.56 Å². The van der Waals surface area contributed by atoms with Crippen molar-refractivity contribution >= 4 is 5.91 Å². The molecule has 0 saturated carbocycles. The van der Waals surface area contributed by atoms with Gasteiger partial charge in [0.2, 0.25) is 0 Å². The van der Waals surface area contributed by atoms with Crippen LogP contribution in [-0.4, -0.2) is 27.6 Å². The SMILES string of the molecule is CN(Cc1cnn(C)c1)C(=O)c1ccccc1Cc1ccccc1. The molecule has 2 aromatic carbocycles. The minimum Gasteiger partial charge on any atom is -0.337 e. The molecule has 1 aromatic heterocycles. The Morgan fingerprint density at radius 3 is 2.46 bits per heavy atom. The first-order valence-corrected chi connectivity index (χ1v) is 7.98. The molecule has 0 saturated heterocycles. The first-order chi connectivity index (χ1) is 11.6. The Morgan fingerprint density at radius 2 is 1.75 bits per heavy atom. The Labute approximate surface area is 142 Å². The molecule has 24 heavy (non-hydrogen) atoms. The van der Waals surface area contributed by atoms with Crippen molar-refractivity contribution in [1.29, 1.82) is 0 Å². The van der Waals surface area contributed by atoms with Gasteiger partial charge in [-0.2, -0.15) is 5.10 Å². The minimum absolute atomic E-state index is 0.0328. The van der Waals surface area contributed by atoms with E-state index in [0.717, 1.165) is 23.1 Å². The fourth-order valence-electron chi connectivity index (χ4n) is 2.80. The lowest BCUT2D eigenvalue weighted by atomic mass is 9.99. The molecule has 0 bridgehead atoms. The maximum atomic E-state index is 12.9. The van der Waals surface area contributed by atoms with Gasteiger partial charge in [-0.25, -0.2) is 0 Å². The van der Waals surface area contributed by atoms with E-state index in [2.05, 4.69) is 17.2 Å². The van der Waals surface area contributed by atoms with Crippen molar-refractivity contribution in [3.63, 3.8) is 0 Å². The Hall–Kier alpha value is -2.88. The standard InChI is InChI=1S/C20H21N3O/c1-22(14-17-13-21-23(2)15-17)20(24)19-11-7-6-10-18(19)12-16-8-4-3-5-9-16/h3-11,13,15H,12,14H2,1-2H3. The van der Waals surface area contributed by atoms with E-state index in [-0.39, 0.29) is 5.91 Å². The van der Waals surface area contributed by atoms with Crippen LogP contribution >= 0.6 is 0 Å². The zero-order valence-corrected chi connectivity index (χ0v) is 14.0. The van der Waals surface area contributed by atoms with E-state index in [1.807, 2.05) is 62.8 Å². The second-order valence-electron chi connectivity index (χ2n) is 6.00. The number of aromatic nitrogens is 2. The lowest BCUT2D eigenvalue weighted by Crippen LogP contribution is -2.27. The molecular formula is C20H21N3O. The van der Waals surface area contributed by atoms with E-state index >= 15 is 0 Å². The van der Waals surface area contributed by atoms with E-state index in [9.17, 15) is 4.79 Å². The van der Waals surface area contributed by atoms with Crippen LogP contribution in [0.4, 0.5) is 0 Å². The number of carbonyl (C=O) groups excluding carboxylic acids is 1. The summed E-state index contributed by atoms with van der Waals surface area (Å²) < 4.78 is 1.75. The zero-order valence-electron chi connectivity index (χ0n) is 14.0. The fraction of sp³-hybridized carbons (Fsp3) is 0.200. The van der Waals surface area contributed by atoms with Gasteiger partial charge in [0.15, 0.2) is 0 Å². The molecule has 3 aromatic rings. The first-order valence-electron chi connectivity index (χ1n) is 7.98. The highest BCUT2D eigenvalue weighted by Gasteiger charge is 2.16. The largest absolute Gasteiger partial charge is 0.337 e. The number of benzene rings is 2. The van der Waals surface area contributed by atoms with Gasteiger partial charge in [-0.15, -0.1) is 0 Å². The van der Waals surface area contributed by atoms with Gasteiger partial charge in [0.1, 0.15) is 0 Å². The van der Waals surface area contributed by atoms with Crippen molar-refractivity contribution in [2.75, 3.05) is 7.05 Å². The Balaban J connectivity index is 1.79. The highest BCUT2D eigenvalue weighted by Crippen LogP contribution is 2.17. The number of hydrogen-bond donors (Lipinski definition) is 0. The molecule has 0 atom stereocenters. The van der Waals surface area contributed by atoms with Crippen LogP contribution in [0.2, 0.25) is 0 Å². The molecule has 4 heteroatoms. The molecule has 1 heterocycles. The molecule has 4 nitrogen and oxygen atoms in total. The lowest BCUT2D eigenvalue weighted by Gasteiger charge is -2.18. The average molecular weight is 319 g/mol. The zero-order chi connectivity index (χ0) is 16.9. The predicted molar refractivity (Wildman–Crippen MR) is 94.7 cm³/mol. The second-order valence-corrected chi connectivity index (χ2v) is 6.00. The highest BCUT2D eigenvalue weighted by molar-refractivity contribution is 5.95. The second kappa shape index (κ2) is 7.13. The monoisotopic (exact) mass is 319 g/mol. The third kappa shape index (κ3) is 3.71. The van der Waals surface area contributed by atoms with Crippen molar-refractivity contribution in [1.82, 2.24) is 14.7 Å². The molecule has 0 spiro atoms. The highest BCUT2D eigenvalue weighted by atomic mass is 16.2. The molecule has 0 N–H and O–H groups in total. The molecule has 3 rings (SSSR count). The lowest BCUT2D eigenvalue weighted by molar-refractivity contribution is 0.0784. The molecule has 0 aliphatic rings. The Kier molecular flexibility index (Phi) is 4.75.